The van der Waals surface area contributed by atoms with Gasteiger partial charge in [-0.1, -0.05) is 0 Å². The summed E-state index contributed by atoms with van der Waals surface area (Å²) in [7, 11) is 0. The summed E-state index contributed by atoms with van der Waals surface area (Å²) in [6.45, 7) is 2.88. The summed E-state index contributed by atoms with van der Waals surface area (Å²) in [6, 6.07) is 0. The van der Waals surface area contributed by atoms with Gasteiger partial charge in [0.1, 0.15) is 0 Å². The molecule has 1 saturated heterocycles. The van der Waals surface area contributed by atoms with Crippen LogP contribution in [0.3, 0.4) is 0 Å². The number of nitrogens with two attached hydrogens (primary N) is 1. The van der Waals surface area contributed by atoms with Crippen LogP contribution in [0, 0.1) is 0 Å². The van der Waals surface area contributed by atoms with Crippen LogP contribution in [0.15, 0.2) is 0 Å². The molecule has 0 aliphatic carbocycles. The van der Waals surface area contributed by atoms with Gasteiger partial charge in [-0.2, -0.15) is 0 Å². The quantitative estimate of drug-likeness (QED) is 0.572. The SMILES string of the molecule is NCCOC[C@@H]1CCCO1. The third-order valence-corrected chi connectivity index (χ3v) is 1.59. The molecule has 0 aromatic rings. The summed E-state index contributed by atoms with van der Waals surface area (Å²) in [5.74, 6) is 0. The van der Waals surface area contributed by atoms with Gasteiger partial charge in [-0.05, 0) is 12.8 Å². The fourth-order valence-electron chi connectivity index (χ4n) is 1.07. The molecule has 1 aliphatic rings. The molecule has 1 aliphatic heterocycles. The van der Waals surface area contributed by atoms with E-state index >= 15 is 0 Å². The van der Waals surface area contributed by atoms with E-state index in [4.69, 9.17) is 15.2 Å². The summed E-state index contributed by atoms with van der Waals surface area (Å²) >= 11 is 0. The molecule has 0 radical (unpaired) electrons. The highest BCUT2D eigenvalue weighted by Gasteiger charge is 2.14. The molecule has 60 valence electrons. The van der Waals surface area contributed by atoms with Crippen molar-refractivity contribution in [1.29, 1.82) is 0 Å². The molecule has 0 bridgehead atoms. The summed E-state index contributed by atoms with van der Waals surface area (Å²) in [4.78, 5) is 0. The van der Waals surface area contributed by atoms with Crippen molar-refractivity contribution in [2.75, 3.05) is 26.4 Å². The van der Waals surface area contributed by atoms with Gasteiger partial charge in [0.15, 0.2) is 0 Å². The summed E-state index contributed by atoms with van der Waals surface area (Å²) in [5.41, 5.74) is 5.25. The first-order valence-electron chi connectivity index (χ1n) is 3.83. The second kappa shape index (κ2) is 4.66. The molecular weight excluding hydrogens is 130 g/mol. The highest BCUT2D eigenvalue weighted by atomic mass is 16.5. The van der Waals surface area contributed by atoms with E-state index in [1.54, 1.807) is 0 Å². The zero-order chi connectivity index (χ0) is 7.23. The molecule has 10 heavy (non-hydrogen) atoms. The summed E-state index contributed by atoms with van der Waals surface area (Å²) in [5, 5.41) is 0. The minimum atomic E-state index is 0.339. The first kappa shape index (κ1) is 7.98. The number of rotatable bonds is 4. The minimum Gasteiger partial charge on any atom is -0.377 e. The lowest BCUT2D eigenvalue weighted by atomic mass is 10.2. The molecule has 0 amide bonds. The van der Waals surface area contributed by atoms with Crippen LogP contribution in [-0.2, 0) is 9.47 Å². The van der Waals surface area contributed by atoms with Gasteiger partial charge in [0.2, 0.25) is 0 Å². The molecule has 3 heteroatoms. The van der Waals surface area contributed by atoms with Crippen molar-refractivity contribution in [3.05, 3.63) is 0 Å². The van der Waals surface area contributed by atoms with E-state index in [1.165, 1.54) is 6.42 Å². The van der Waals surface area contributed by atoms with Gasteiger partial charge < -0.3 is 15.2 Å². The Labute approximate surface area is 61.5 Å². The molecule has 1 heterocycles. The first-order valence-corrected chi connectivity index (χ1v) is 3.83. The van der Waals surface area contributed by atoms with Crippen LogP contribution in [0.2, 0.25) is 0 Å². The monoisotopic (exact) mass is 145 g/mol. The molecule has 1 rings (SSSR count). The zero-order valence-corrected chi connectivity index (χ0v) is 6.21. The van der Waals surface area contributed by atoms with Crippen molar-refractivity contribution in [1.82, 2.24) is 0 Å². The smallest absolute Gasteiger partial charge is 0.0809 e. The Bertz CT molecular complexity index is 81.7. The van der Waals surface area contributed by atoms with Crippen molar-refractivity contribution in [2.45, 2.75) is 18.9 Å². The van der Waals surface area contributed by atoms with E-state index in [1.807, 2.05) is 0 Å². The first-order chi connectivity index (χ1) is 4.93. The predicted molar refractivity (Wildman–Crippen MR) is 38.8 cm³/mol. The lowest BCUT2D eigenvalue weighted by Crippen LogP contribution is -2.17. The summed E-state index contributed by atoms with van der Waals surface area (Å²) in [6.07, 6.45) is 2.66. The molecule has 2 N–H and O–H groups in total. The van der Waals surface area contributed by atoms with Gasteiger partial charge in [-0.25, -0.2) is 0 Å². The van der Waals surface area contributed by atoms with Gasteiger partial charge in [0.05, 0.1) is 19.3 Å². The van der Waals surface area contributed by atoms with Crippen LogP contribution >= 0.6 is 0 Å². The van der Waals surface area contributed by atoms with Crippen molar-refractivity contribution in [3.8, 4) is 0 Å². The van der Waals surface area contributed by atoms with E-state index in [9.17, 15) is 0 Å². The Balaban J connectivity index is 1.91. The average molecular weight is 145 g/mol. The van der Waals surface area contributed by atoms with Gasteiger partial charge in [0.25, 0.3) is 0 Å². The van der Waals surface area contributed by atoms with Crippen molar-refractivity contribution >= 4 is 0 Å². The Kier molecular flexibility index (Phi) is 3.72. The fraction of sp³-hybridized carbons (Fsp3) is 1.00. The van der Waals surface area contributed by atoms with E-state index in [0.717, 1.165) is 19.6 Å². The highest BCUT2D eigenvalue weighted by Crippen LogP contribution is 2.11. The van der Waals surface area contributed by atoms with Gasteiger partial charge in [-0.15, -0.1) is 0 Å². The molecule has 0 aromatic carbocycles. The summed E-state index contributed by atoms with van der Waals surface area (Å²) < 4.78 is 10.6. The maximum absolute atomic E-state index is 5.33. The molecular formula is C7H15NO2. The van der Waals surface area contributed by atoms with E-state index < -0.39 is 0 Å². The Morgan fingerprint density at radius 2 is 2.50 bits per heavy atom. The topological polar surface area (TPSA) is 44.5 Å². The van der Waals surface area contributed by atoms with Crippen LogP contribution in [0.1, 0.15) is 12.8 Å². The molecule has 0 spiro atoms. The van der Waals surface area contributed by atoms with Crippen molar-refractivity contribution in [3.63, 3.8) is 0 Å². The molecule has 3 nitrogen and oxygen atoms in total. The number of hydrogen-bond donors (Lipinski definition) is 1. The highest BCUT2D eigenvalue weighted by molar-refractivity contribution is 4.63. The molecule has 1 atom stereocenters. The van der Waals surface area contributed by atoms with Crippen molar-refractivity contribution in [2.24, 2.45) is 5.73 Å². The minimum absolute atomic E-state index is 0.339. The zero-order valence-electron chi connectivity index (χ0n) is 6.21. The van der Waals surface area contributed by atoms with E-state index in [-0.39, 0.29) is 0 Å². The van der Waals surface area contributed by atoms with Crippen LogP contribution < -0.4 is 5.73 Å². The second-order valence-electron chi connectivity index (χ2n) is 2.50. The average Bonchev–Trinajstić information content (AvgIpc) is 2.41. The van der Waals surface area contributed by atoms with Gasteiger partial charge in [-0.3, -0.25) is 0 Å². The van der Waals surface area contributed by atoms with Crippen molar-refractivity contribution < 1.29 is 9.47 Å². The number of ether oxygens (including phenoxy) is 2. The molecule has 0 saturated carbocycles. The maximum Gasteiger partial charge on any atom is 0.0809 e. The lowest BCUT2D eigenvalue weighted by molar-refractivity contribution is 0.0199. The van der Waals surface area contributed by atoms with E-state index in [0.29, 0.717) is 19.3 Å². The Hall–Kier alpha value is -0.120. The fourth-order valence-corrected chi connectivity index (χ4v) is 1.07. The van der Waals surface area contributed by atoms with Crippen LogP contribution in [0.5, 0.6) is 0 Å². The van der Waals surface area contributed by atoms with Crippen LogP contribution in [0.25, 0.3) is 0 Å². The maximum atomic E-state index is 5.33. The van der Waals surface area contributed by atoms with Gasteiger partial charge >= 0.3 is 0 Å². The van der Waals surface area contributed by atoms with Gasteiger partial charge in [0, 0.05) is 13.2 Å². The van der Waals surface area contributed by atoms with Crippen LogP contribution in [-0.4, -0.2) is 32.5 Å². The second-order valence-corrected chi connectivity index (χ2v) is 2.50. The third-order valence-electron chi connectivity index (χ3n) is 1.59. The lowest BCUT2D eigenvalue weighted by Gasteiger charge is -2.08. The largest absolute Gasteiger partial charge is 0.377 e. The third kappa shape index (κ3) is 2.64. The van der Waals surface area contributed by atoms with Crippen LogP contribution in [0.4, 0.5) is 0 Å². The number of hydrogen-bond acceptors (Lipinski definition) is 3. The van der Waals surface area contributed by atoms with E-state index in [2.05, 4.69) is 0 Å². The predicted octanol–water partition coefficient (Wildman–Crippen LogP) is 0.141. The Morgan fingerprint density at radius 1 is 1.60 bits per heavy atom. The molecule has 1 fully saturated rings. The molecule has 0 unspecified atom stereocenters. The normalized spacial score (nSPS) is 25.5. The Morgan fingerprint density at radius 3 is 3.10 bits per heavy atom. The standard InChI is InChI=1S/C7H15NO2/c8-3-5-9-6-7-2-1-4-10-7/h7H,1-6,8H2/t7-/m0/s1. The molecule has 0 aromatic heterocycles.